The van der Waals surface area contributed by atoms with Gasteiger partial charge < -0.3 is 19.3 Å². The molecule has 0 saturated carbocycles. The minimum Gasteiger partial charge on any atom is -0.506 e. The van der Waals surface area contributed by atoms with E-state index in [1.807, 2.05) is 30.6 Å². The highest BCUT2D eigenvalue weighted by molar-refractivity contribution is 9.10. The Morgan fingerprint density at radius 1 is 1.25 bits per heavy atom. The second-order valence-corrected chi connectivity index (χ2v) is 9.19. The molecule has 0 amide bonds. The highest BCUT2D eigenvalue weighted by Gasteiger charge is 2.27. The third-order valence-electron chi connectivity index (χ3n) is 4.86. The molecule has 5 nitrogen and oxygen atoms in total. The third kappa shape index (κ3) is 5.22. The Labute approximate surface area is 204 Å². The number of esters is 1. The first-order chi connectivity index (χ1) is 14.6. The molecule has 1 N–H and O–H groups in total. The second-order valence-electron chi connectivity index (χ2n) is 7.28. The molecular formula is C22H24BrClF2N2O3S. The van der Waals surface area contributed by atoms with Crippen molar-refractivity contribution in [2.45, 2.75) is 24.1 Å². The Balaban J connectivity index is 0.00000363. The van der Waals surface area contributed by atoms with Crippen LogP contribution in [0.2, 0.25) is 0 Å². The van der Waals surface area contributed by atoms with Crippen LogP contribution in [0.15, 0.2) is 33.6 Å². The first-order valence-corrected chi connectivity index (χ1v) is 11.3. The van der Waals surface area contributed by atoms with Crippen LogP contribution in [0.4, 0.5) is 8.78 Å². The molecule has 0 fully saturated rings. The van der Waals surface area contributed by atoms with Crippen LogP contribution >= 0.6 is 40.1 Å². The number of carbonyl (C=O) groups excluding carboxylic acids is 1. The highest BCUT2D eigenvalue weighted by Crippen LogP contribution is 2.41. The SMILES string of the molecule is CCOC(=O)c1c(CSc2ccc(F)c(F)c2)n(C)c2cc(Br)c(O)c(CN(C)C)c12.Cl. The van der Waals surface area contributed by atoms with Gasteiger partial charge in [0.1, 0.15) is 5.75 Å². The number of hydrogen-bond donors (Lipinski definition) is 1. The molecule has 0 unspecified atom stereocenters. The zero-order valence-corrected chi connectivity index (χ0v) is 21.3. The van der Waals surface area contributed by atoms with Gasteiger partial charge in [0.2, 0.25) is 0 Å². The number of benzene rings is 2. The van der Waals surface area contributed by atoms with Gasteiger partial charge in [-0.15, -0.1) is 24.2 Å². The monoisotopic (exact) mass is 548 g/mol. The molecule has 1 aromatic heterocycles. The van der Waals surface area contributed by atoms with Gasteiger partial charge >= 0.3 is 5.97 Å². The Morgan fingerprint density at radius 2 is 1.94 bits per heavy atom. The van der Waals surface area contributed by atoms with E-state index < -0.39 is 17.6 Å². The molecule has 0 bridgehead atoms. The van der Waals surface area contributed by atoms with Crippen LogP contribution in [0.25, 0.3) is 10.9 Å². The zero-order valence-electron chi connectivity index (χ0n) is 18.0. The van der Waals surface area contributed by atoms with Crippen LogP contribution in [0.1, 0.15) is 28.5 Å². The minimum absolute atomic E-state index is 0. The fraction of sp³-hybridized carbons (Fsp3) is 0.318. The summed E-state index contributed by atoms with van der Waals surface area (Å²) in [6.45, 7) is 2.35. The molecular weight excluding hydrogens is 526 g/mol. The van der Waals surface area contributed by atoms with Gasteiger partial charge in [0, 0.05) is 40.9 Å². The van der Waals surface area contributed by atoms with Crippen LogP contribution in [-0.4, -0.2) is 41.2 Å². The first-order valence-electron chi connectivity index (χ1n) is 9.56. The number of nitrogens with zero attached hydrogens (tertiary/aromatic N) is 2. The maximum Gasteiger partial charge on any atom is 0.340 e. The largest absolute Gasteiger partial charge is 0.506 e. The van der Waals surface area contributed by atoms with Gasteiger partial charge in [-0.1, -0.05) is 0 Å². The van der Waals surface area contributed by atoms with Gasteiger partial charge in [-0.25, -0.2) is 13.6 Å². The van der Waals surface area contributed by atoms with E-state index in [0.717, 1.165) is 17.6 Å². The first kappa shape index (κ1) is 26.4. The number of thioether (sulfide) groups is 1. The average molecular weight is 550 g/mol. The predicted octanol–water partition coefficient (Wildman–Crippen LogP) is 5.88. The van der Waals surface area contributed by atoms with Crippen LogP contribution < -0.4 is 0 Å². The Hall–Kier alpha value is -1.81. The predicted molar refractivity (Wildman–Crippen MR) is 129 cm³/mol. The quantitative estimate of drug-likeness (QED) is 0.295. The van der Waals surface area contributed by atoms with Crippen molar-refractivity contribution < 1.29 is 23.4 Å². The van der Waals surface area contributed by atoms with Gasteiger partial charge in [0.05, 0.1) is 22.2 Å². The summed E-state index contributed by atoms with van der Waals surface area (Å²) in [5, 5.41) is 11.3. The minimum atomic E-state index is -0.921. The molecule has 0 saturated heterocycles. The normalized spacial score (nSPS) is 11.1. The van der Waals surface area contributed by atoms with E-state index in [1.165, 1.54) is 17.8 Å². The topological polar surface area (TPSA) is 54.7 Å². The van der Waals surface area contributed by atoms with Gasteiger partial charge in [0.25, 0.3) is 0 Å². The van der Waals surface area contributed by atoms with E-state index >= 15 is 0 Å². The number of fused-ring (bicyclic) bond motifs is 1. The Morgan fingerprint density at radius 3 is 2.53 bits per heavy atom. The number of ether oxygens (including phenoxy) is 1. The van der Waals surface area contributed by atoms with Gasteiger partial charge in [0.15, 0.2) is 11.6 Å². The smallest absolute Gasteiger partial charge is 0.340 e. The number of aromatic hydroxyl groups is 1. The molecule has 0 radical (unpaired) electrons. The van der Waals surface area contributed by atoms with Crippen LogP contribution in [-0.2, 0) is 24.1 Å². The van der Waals surface area contributed by atoms with E-state index in [4.69, 9.17) is 4.74 Å². The van der Waals surface area contributed by atoms with Crippen molar-refractivity contribution >= 4 is 57.0 Å². The lowest BCUT2D eigenvalue weighted by Gasteiger charge is -2.15. The van der Waals surface area contributed by atoms with E-state index in [0.29, 0.717) is 43.9 Å². The molecule has 0 aliphatic carbocycles. The summed E-state index contributed by atoms with van der Waals surface area (Å²) < 4.78 is 34.6. The van der Waals surface area contributed by atoms with Crippen molar-refractivity contribution in [1.29, 1.82) is 0 Å². The number of phenols is 1. The number of aromatic nitrogens is 1. The lowest BCUT2D eigenvalue weighted by molar-refractivity contribution is 0.0527. The number of hydrogen-bond acceptors (Lipinski definition) is 5. The van der Waals surface area contributed by atoms with Crippen molar-refractivity contribution in [3.8, 4) is 5.75 Å². The molecule has 174 valence electrons. The third-order valence-corrected chi connectivity index (χ3v) is 6.47. The van der Waals surface area contributed by atoms with Crippen LogP contribution in [0, 0.1) is 11.6 Å². The van der Waals surface area contributed by atoms with E-state index in [2.05, 4.69) is 15.9 Å². The standard InChI is InChI=1S/C22H23BrF2N2O3S.ClH/c1-5-30-22(29)20-18(11-31-12-6-7-15(24)16(25)8-12)27(4)17-9-14(23)21(28)13(19(17)20)10-26(2)3;/h6-9,28H,5,10-11H2,1-4H3;1H. The maximum atomic E-state index is 13.6. The summed E-state index contributed by atoms with van der Waals surface area (Å²) in [6, 6.07) is 5.47. The van der Waals surface area contributed by atoms with E-state index in [1.54, 1.807) is 13.0 Å². The lowest BCUT2D eigenvalue weighted by atomic mass is 10.0. The van der Waals surface area contributed by atoms with Crippen molar-refractivity contribution in [1.82, 2.24) is 9.47 Å². The molecule has 0 aliphatic heterocycles. The van der Waals surface area contributed by atoms with Gasteiger partial charge in [-0.05, 0) is 61.2 Å². The molecule has 3 rings (SSSR count). The summed E-state index contributed by atoms with van der Waals surface area (Å²) in [5.74, 6) is -1.93. The van der Waals surface area contributed by atoms with E-state index in [9.17, 15) is 18.7 Å². The number of rotatable bonds is 7. The summed E-state index contributed by atoms with van der Waals surface area (Å²) >= 11 is 4.69. The lowest BCUT2D eigenvalue weighted by Crippen LogP contribution is -2.13. The van der Waals surface area contributed by atoms with E-state index in [-0.39, 0.29) is 24.8 Å². The molecule has 0 atom stereocenters. The molecule has 3 aromatic rings. The second kappa shape index (κ2) is 10.9. The molecule has 32 heavy (non-hydrogen) atoms. The zero-order chi connectivity index (χ0) is 22.9. The highest BCUT2D eigenvalue weighted by atomic mass is 79.9. The Bertz CT molecular complexity index is 1150. The number of halogens is 4. The van der Waals surface area contributed by atoms with Crippen molar-refractivity contribution in [2.75, 3.05) is 20.7 Å². The van der Waals surface area contributed by atoms with Gasteiger partial charge in [-0.2, -0.15) is 0 Å². The van der Waals surface area contributed by atoms with Gasteiger partial charge in [-0.3, -0.25) is 0 Å². The molecule has 1 heterocycles. The summed E-state index contributed by atoms with van der Waals surface area (Å²) in [4.78, 5) is 15.4. The summed E-state index contributed by atoms with van der Waals surface area (Å²) in [6.07, 6.45) is 0. The molecule has 2 aromatic carbocycles. The fourth-order valence-corrected chi connectivity index (χ4v) is 4.91. The number of aryl methyl sites for hydroxylation is 1. The fourth-order valence-electron chi connectivity index (χ4n) is 3.46. The Kier molecular flexibility index (Phi) is 8.98. The summed E-state index contributed by atoms with van der Waals surface area (Å²) in [5.41, 5.74) is 2.40. The molecule has 10 heteroatoms. The maximum absolute atomic E-state index is 13.6. The summed E-state index contributed by atoms with van der Waals surface area (Å²) in [7, 11) is 5.58. The van der Waals surface area contributed by atoms with Crippen LogP contribution in [0.3, 0.4) is 0 Å². The van der Waals surface area contributed by atoms with Crippen LogP contribution in [0.5, 0.6) is 5.75 Å². The molecule has 0 aliphatic rings. The number of phenolic OH excluding ortho intramolecular Hbond substituents is 1. The van der Waals surface area contributed by atoms with Crippen molar-refractivity contribution in [3.05, 3.63) is 57.2 Å². The van der Waals surface area contributed by atoms with Crippen molar-refractivity contribution in [2.24, 2.45) is 7.05 Å². The van der Waals surface area contributed by atoms with Crippen molar-refractivity contribution in [3.63, 3.8) is 0 Å². The number of carbonyl (C=O) groups is 1. The molecule has 0 spiro atoms. The average Bonchev–Trinajstić information content (AvgIpc) is 2.98.